The molecule has 0 amide bonds. The third-order valence-electron chi connectivity index (χ3n) is 2.77. The Kier molecular flexibility index (Phi) is 6.89. The molecule has 0 aromatic carbocycles. The zero-order valence-electron chi connectivity index (χ0n) is 12.8. The van der Waals surface area contributed by atoms with Crippen LogP contribution in [0.3, 0.4) is 0 Å². The van der Waals surface area contributed by atoms with Gasteiger partial charge in [-0.3, -0.25) is 0 Å². The zero-order valence-corrected chi connectivity index (χ0v) is 13.6. The fraction of sp³-hybridized carbons (Fsp3) is 0.769. The summed E-state index contributed by atoms with van der Waals surface area (Å²) in [4.78, 5) is 6.49. The number of anilines is 1. The van der Waals surface area contributed by atoms with Crippen LogP contribution in [0.25, 0.3) is 0 Å². The molecule has 0 fully saturated rings. The quantitative estimate of drug-likeness (QED) is 0.746. The maximum Gasteiger partial charge on any atom is 0.405 e. The van der Waals surface area contributed by atoms with Gasteiger partial charge in [-0.15, -0.1) is 11.3 Å². The van der Waals surface area contributed by atoms with E-state index in [1.54, 1.807) is 7.11 Å². The topological polar surface area (TPSA) is 37.4 Å². The average Bonchev–Trinajstić information content (AvgIpc) is 2.77. The molecule has 1 heterocycles. The van der Waals surface area contributed by atoms with Crippen LogP contribution in [0.4, 0.5) is 18.3 Å². The molecule has 0 saturated heterocycles. The summed E-state index contributed by atoms with van der Waals surface area (Å²) in [5, 5.41) is 3.61. The number of methoxy groups -OCH3 is 1. The van der Waals surface area contributed by atoms with Gasteiger partial charge in [-0.25, -0.2) is 4.98 Å². The molecule has 0 unspecified atom stereocenters. The molecule has 0 radical (unpaired) electrons. The lowest BCUT2D eigenvalue weighted by Crippen LogP contribution is -2.30. The molecule has 0 saturated carbocycles. The van der Waals surface area contributed by atoms with Crippen molar-refractivity contribution in [3.63, 3.8) is 0 Å². The van der Waals surface area contributed by atoms with E-state index in [0.717, 1.165) is 15.5 Å². The molecule has 4 nitrogen and oxygen atoms in total. The SMILES string of the molecule is COCCNCc1sc(N(C)CC(F)(F)F)nc1C(C)C. The van der Waals surface area contributed by atoms with Crippen molar-refractivity contribution in [2.75, 3.05) is 38.8 Å². The number of halogens is 3. The fourth-order valence-electron chi connectivity index (χ4n) is 1.80. The number of thiazole rings is 1. The van der Waals surface area contributed by atoms with Gasteiger partial charge in [-0.05, 0) is 5.92 Å². The van der Waals surface area contributed by atoms with Crippen molar-refractivity contribution in [1.29, 1.82) is 0 Å². The van der Waals surface area contributed by atoms with Crippen molar-refractivity contribution < 1.29 is 17.9 Å². The summed E-state index contributed by atoms with van der Waals surface area (Å²) in [5.41, 5.74) is 0.856. The number of ether oxygens (including phenoxy) is 1. The van der Waals surface area contributed by atoms with Crippen LogP contribution in [0.2, 0.25) is 0 Å². The predicted molar refractivity (Wildman–Crippen MR) is 79.1 cm³/mol. The third kappa shape index (κ3) is 6.19. The minimum Gasteiger partial charge on any atom is -0.383 e. The van der Waals surface area contributed by atoms with Crippen LogP contribution >= 0.6 is 11.3 Å². The number of nitrogens with zero attached hydrogens (tertiary/aromatic N) is 2. The van der Waals surface area contributed by atoms with Gasteiger partial charge in [0.1, 0.15) is 6.54 Å². The highest BCUT2D eigenvalue weighted by Gasteiger charge is 2.30. The van der Waals surface area contributed by atoms with E-state index >= 15 is 0 Å². The van der Waals surface area contributed by atoms with Crippen LogP contribution in [0, 0.1) is 0 Å². The lowest BCUT2D eigenvalue weighted by atomic mass is 10.1. The van der Waals surface area contributed by atoms with Crippen molar-refractivity contribution in [3.05, 3.63) is 10.6 Å². The zero-order chi connectivity index (χ0) is 16.0. The van der Waals surface area contributed by atoms with E-state index in [1.165, 1.54) is 18.4 Å². The minimum absolute atomic E-state index is 0.175. The van der Waals surface area contributed by atoms with Crippen LogP contribution in [-0.2, 0) is 11.3 Å². The second-order valence-electron chi connectivity index (χ2n) is 5.10. The number of rotatable bonds is 8. The van der Waals surface area contributed by atoms with E-state index < -0.39 is 12.7 Å². The highest BCUT2D eigenvalue weighted by molar-refractivity contribution is 7.15. The maximum atomic E-state index is 12.5. The van der Waals surface area contributed by atoms with Gasteiger partial charge in [0, 0.05) is 32.1 Å². The average molecular weight is 325 g/mol. The number of aromatic nitrogens is 1. The van der Waals surface area contributed by atoms with Gasteiger partial charge in [0.2, 0.25) is 0 Å². The molecule has 1 aromatic heterocycles. The second kappa shape index (κ2) is 7.95. The van der Waals surface area contributed by atoms with Crippen LogP contribution in [0.1, 0.15) is 30.3 Å². The Morgan fingerprint density at radius 3 is 2.57 bits per heavy atom. The molecule has 0 aliphatic carbocycles. The van der Waals surface area contributed by atoms with E-state index in [2.05, 4.69) is 10.3 Å². The van der Waals surface area contributed by atoms with Gasteiger partial charge < -0.3 is 15.0 Å². The van der Waals surface area contributed by atoms with Crippen molar-refractivity contribution in [1.82, 2.24) is 10.3 Å². The summed E-state index contributed by atoms with van der Waals surface area (Å²) in [7, 11) is 3.04. The van der Waals surface area contributed by atoms with Gasteiger partial charge >= 0.3 is 6.18 Å². The predicted octanol–water partition coefficient (Wildman–Crippen LogP) is 3.00. The maximum absolute atomic E-state index is 12.5. The standard InChI is InChI=1S/C13H22F3N3OS/c1-9(2)11-10(7-17-5-6-20-4)21-12(18-11)19(3)8-13(14,15)16/h9,17H,5-8H2,1-4H3. The first-order valence-corrected chi connectivity index (χ1v) is 7.53. The van der Waals surface area contributed by atoms with E-state index in [0.29, 0.717) is 24.8 Å². The van der Waals surface area contributed by atoms with E-state index in [-0.39, 0.29) is 5.92 Å². The number of hydrogen-bond donors (Lipinski definition) is 1. The second-order valence-corrected chi connectivity index (χ2v) is 6.16. The van der Waals surface area contributed by atoms with Gasteiger partial charge in [0.25, 0.3) is 0 Å². The lowest BCUT2D eigenvalue weighted by molar-refractivity contribution is -0.119. The Bertz CT molecular complexity index is 435. The monoisotopic (exact) mass is 325 g/mol. The lowest BCUT2D eigenvalue weighted by Gasteiger charge is -2.17. The molecule has 1 rings (SSSR count). The molecule has 122 valence electrons. The summed E-state index contributed by atoms with van der Waals surface area (Å²) < 4.78 is 42.3. The molecule has 1 N–H and O–H groups in total. The van der Waals surface area contributed by atoms with Crippen molar-refractivity contribution in [3.8, 4) is 0 Å². The highest BCUT2D eigenvalue weighted by atomic mass is 32.1. The van der Waals surface area contributed by atoms with Crippen molar-refractivity contribution >= 4 is 16.5 Å². The molecular formula is C13H22F3N3OS. The number of hydrogen-bond acceptors (Lipinski definition) is 5. The van der Waals surface area contributed by atoms with Crippen LogP contribution in [0.5, 0.6) is 0 Å². The summed E-state index contributed by atoms with van der Waals surface area (Å²) in [6.45, 7) is 4.86. The Labute approximate surface area is 127 Å². The molecule has 0 aliphatic heterocycles. The minimum atomic E-state index is -4.23. The summed E-state index contributed by atoms with van der Waals surface area (Å²) >= 11 is 1.31. The highest BCUT2D eigenvalue weighted by Crippen LogP contribution is 2.31. The van der Waals surface area contributed by atoms with Gasteiger partial charge in [-0.2, -0.15) is 13.2 Å². The molecule has 0 spiro atoms. The Morgan fingerprint density at radius 2 is 2.05 bits per heavy atom. The molecule has 8 heteroatoms. The van der Waals surface area contributed by atoms with Gasteiger partial charge in [-0.1, -0.05) is 13.8 Å². The van der Waals surface area contributed by atoms with Crippen LogP contribution in [0.15, 0.2) is 0 Å². The van der Waals surface area contributed by atoms with Gasteiger partial charge in [0.05, 0.1) is 12.3 Å². The Morgan fingerprint density at radius 1 is 1.38 bits per heavy atom. The van der Waals surface area contributed by atoms with Crippen molar-refractivity contribution in [2.45, 2.75) is 32.5 Å². The third-order valence-corrected chi connectivity index (χ3v) is 3.96. The molecule has 0 atom stereocenters. The van der Waals surface area contributed by atoms with Crippen LogP contribution in [-0.4, -0.2) is 45.0 Å². The summed E-state index contributed by atoms with van der Waals surface area (Å²) in [5.74, 6) is 0.175. The fourth-order valence-corrected chi connectivity index (χ4v) is 2.95. The molecular weight excluding hydrogens is 303 g/mol. The van der Waals surface area contributed by atoms with E-state index in [4.69, 9.17) is 4.74 Å². The van der Waals surface area contributed by atoms with E-state index in [1.807, 2.05) is 13.8 Å². The van der Waals surface area contributed by atoms with Crippen LogP contribution < -0.4 is 10.2 Å². The van der Waals surface area contributed by atoms with E-state index in [9.17, 15) is 13.2 Å². The Hall–Kier alpha value is -0.860. The largest absolute Gasteiger partial charge is 0.405 e. The molecule has 0 aliphatic rings. The van der Waals surface area contributed by atoms with Gasteiger partial charge in [0.15, 0.2) is 5.13 Å². The first kappa shape index (κ1) is 18.2. The first-order valence-electron chi connectivity index (χ1n) is 6.71. The van der Waals surface area contributed by atoms with Crippen molar-refractivity contribution in [2.24, 2.45) is 0 Å². The first-order chi connectivity index (χ1) is 9.74. The summed E-state index contributed by atoms with van der Waals surface area (Å²) in [6.07, 6.45) is -4.23. The number of nitrogens with one attached hydrogen (secondary N) is 1. The number of alkyl halides is 3. The molecule has 1 aromatic rings. The summed E-state index contributed by atoms with van der Waals surface area (Å²) in [6, 6.07) is 0. The molecule has 0 bridgehead atoms. The molecule has 21 heavy (non-hydrogen) atoms. The smallest absolute Gasteiger partial charge is 0.383 e. The normalized spacial score (nSPS) is 12.2. The Balaban J connectivity index is 2.78.